The molecule has 2 aliphatic rings. The lowest BCUT2D eigenvalue weighted by molar-refractivity contribution is -0.124. The fourth-order valence-electron chi connectivity index (χ4n) is 3.08. The highest BCUT2D eigenvalue weighted by atomic mass is 16.5. The first kappa shape index (κ1) is 14.9. The Morgan fingerprint density at radius 3 is 2.95 bits per heavy atom. The number of carbonyl (C=O) groups is 2. The van der Waals surface area contributed by atoms with Gasteiger partial charge in [-0.2, -0.15) is 0 Å². The van der Waals surface area contributed by atoms with E-state index < -0.39 is 0 Å². The number of carbonyl (C=O) groups excluding carboxylic acids is 2. The SMILES string of the molecule is O=C1CCOc2ccc(CCNC(=O)C3CCCC3)cc2N1. The number of benzene rings is 1. The van der Waals surface area contributed by atoms with Crippen molar-refractivity contribution in [3.63, 3.8) is 0 Å². The molecule has 1 aromatic rings. The summed E-state index contributed by atoms with van der Waals surface area (Å²) in [5.41, 5.74) is 1.80. The minimum Gasteiger partial charge on any atom is -0.491 e. The van der Waals surface area contributed by atoms with E-state index in [-0.39, 0.29) is 17.7 Å². The molecule has 0 spiro atoms. The summed E-state index contributed by atoms with van der Waals surface area (Å²) in [5, 5.41) is 5.87. The van der Waals surface area contributed by atoms with Gasteiger partial charge < -0.3 is 15.4 Å². The zero-order valence-electron chi connectivity index (χ0n) is 12.7. The standard InChI is InChI=1S/C17H22N2O3/c20-16-8-10-22-15-6-5-12(11-14(15)19-16)7-9-18-17(21)13-3-1-2-4-13/h5-6,11,13H,1-4,7-10H2,(H,18,21)(H,19,20). The van der Waals surface area contributed by atoms with Crippen LogP contribution in [0.5, 0.6) is 5.75 Å². The molecule has 2 amide bonds. The van der Waals surface area contributed by atoms with Crippen LogP contribution in [0.1, 0.15) is 37.7 Å². The van der Waals surface area contributed by atoms with Crippen LogP contribution in [0.15, 0.2) is 18.2 Å². The third-order valence-corrected chi connectivity index (χ3v) is 4.34. The fraction of sp³-hybridized carbons (Fsp3) is 0.529. The van der Waals surface area contributed by atoms with Crippen molar-refractivity contribution in [1.29, 1.82) is 0 Å². The number of anilines is 1. The Morgan fingerprint density at radius 1 is 1.32 bits per heavy atom. The van der Waals surface area contributed by atoms with E-state index >= 15 is 0 Å². The highest BCUT2D eigenvalue weighted by Crippen LogP contribution is 2.28. The number of hydrogen-bond donors (Lipinski definition) is 2. The molecule has 2 N–H and O–H groups in total. The second-order valence-electron chi connectivity index (χ2n) is 6.00. The molecule has 0 radical (unpaired) electrons. The largest absolute Gasteiger partial charge is 0.491 e. The summed E-state index contributed by atoms with van der Waals surface area (Å²) in [4.78, 5) is 23.5. The van der Waals surface area contributed by atoms with Crippen molar-refractivity contribution < 1.29 is 14.3 Å². The maximum absolute atomic E-state index is 12.0. The second-order valence-corrected chi connectivity index (χ2v) is 6.00. The van der Waals surface area contributed by atoms with E-state index in [4.69, 9.17) is 4.74 Å². The van der Waals surface area contributed by atoms with E-state index in [1.807, 2.05) is 18.2 Å². The van der Waals surface area contributed by atoms with Crippen molar-refractivity contribution in [3.05, 3.63) is 23.8 Å². The van der Waals surface area contributed by atoms with Crippen molar-refractivity contribution in [2.75, 3.05) is 18.5 Å². The van der Waals surface area contributed by atoms with Crippen LogP contribution in [0.3, 0.4) is 0 Å². The molecule has 0 saturated heterocycles. The molecule has 1 heterocycles. The van der Waals surface area contributed by atoms with E-state index in [9.17, 15) is 9.59 Å². The topological polar surface area (TPSA) is 67.4 Å². The van der Waals surface area contributed by atoms with Gasteiger partial charge in [-0.05, 0) is 37.0 Å². The van der Waals surface area contributed by atoms with E-state index in [1.54, 1.807) is 0 Å². The molecule has 1 aliphatic carbocycles. The predicted octanol–water partition coefficient (Wildman–Crippen LogP) is 2.26. The minimum atomic E-state index is -0.0227. The van der Waals surface area contributed by atoms with Crippen molar-refractivity contribution in [3.8, 4) is 5.75 Å². The van der Waals surface area contributed by atoms with Crippen LogP contribution in [0.25, 0.3) is 0 Å². The third kappa shape index (κ3) is 3.59. The average molecular weight is 302 g/mol. The van der Waals surface area contributed by atoms with Gasteiger partial charge in [-0.3, -0.25) is 9.59 Å². The second kappa shape index (κ2) is 6.81. The van der Waals surface area contributed by atoms with Crippen LogP contribution < -0.4 is 15.4 Å². The zero-order chi connectivity index (χ0) is 15.4. The minimum absolute atomic E-state index is 0.0227. The monoisotopic (exact) mass is 302 g/mol. The molecule has 1 saturated carbocycles. The van der Waals surface area contributed by atoms with Crippen LogP contribution >= 0.6 is 0 Å². The molecule has 22 heavy (non-hydrogen) atoms. The van der Waals surface area contributed by atoms with Gasteiger partial charge in [0.15, 0.2) is 0 Å². The number of hydrogen-bond acceptors (Lipinski definition) is 3. The van der Waals surface area contributed by atoms with Crippen molar-refractivity contribution in [1.82, 2.24) is 5.32 Å². The number of rotatable bonds is 4. The summed E-state index contributed by atoms with van der Waals surface area (Å²) in [6, 6.07) is 5.80. The number of ether oxygens (including phenoxy) is 1. The highest BCUT2D eigenvalue weighted by Gasteiger charge is 2.22. The van der Waals surface area contributed by atoms with Crippen molar-refractivity contribution >= 4 is 17.5 Å². The molecule has 118 valence electrons. The smallest absolute Gasteiger partial charge is 0.227 e. The predicted molar refractivity (Wildman–Crippen MR) is 83.9 cm³/mol. The van der Waals surface area contributed by atoms with E-state index in [1.165, 1.54) is 12.8 Å². The highest BCUT2D eigenvalue weighted by molar-refractivity contribution is 5.93. The number of fused-ring (bicyclic) bond motifs is 1. The summed E-state index contributed by atoms with van der Waals surface area (Å²) in [7, 11) is 0. The lowest BCUT2D eigenvalue weighted by Crippen LogP contribution is -2.30. The Balaban J connectivity index is 1.54. The van der Waals surface area contributed by atoms with Crippen LogP contribution in [-0.4, -0.2) is 25.0 Å². The van der Waals surface area contributed by atoms with Gasteiger partial charge in [0.1, 0.15) is 5.75 Å². The van der Waals surface area contributed by atoms with Gasteiger partial charge in [0.25, 0.3) is 0 Å². The summed E-state index contributed by atoms with van der Waals surface area (Å²) < 4.78 is 5.53. The van der Waals surface area contributed by atoms with E-state index in [0.29, 0.717) is 25.3 Å². The molecule has 0 atom stereocenters. The lowest BCUT2D eigenvalue weighted by Gasteiger charge is -2.12. The van der Waals surface area contributed by atoms with E-state index in [2.05, 4.69) is 10.6 Å². The Kier molecular flexibility index (Phi) is 4.61. The fourth-order valence-corrected chi connectivity index (χ4v) is 3.08. The Morgan fingerprint density at radius 2 is 2.14 bits per heavy atom. The van der Waals surface area contributed by atoms with Gasteiger partial charge in [0, 0.05) is 12.5 Å². The molecular weight excluding hydrogens is 280 g/mol. The summed E-state index contributed by atoms with van der Waals surface area (Å²) in [6.45, 7) is 1.04. The molecule has 1 aromatic carbocycles. The molecule has 1 fully saturated rings. The molecule has 5 heteroatoms. The van der Waals surface area contributed by atoms with Gasteiger partial charge in [-0.15, -0.1) is 0 Å². The van der Waals surface area contributed by atoms with Crippen LogP contribution in [0, 0.1) is 5.92 Å². The maximum atomic E-state index is 12.0. The first-order valence-corrected chi connectivity index (χ1v) is 8.05. The Labute approximate surface area is 130 Å². The molecule has 5 nitrogen and oxygen atoms in total. The summed E-state index contributed by atoms with van der Waals surface area (Å²) >= 11 is 0. The molecule has 0 aromatic heterocycles. The normalized spacial score (nSPS) is 18.1. The zero-order valence-corrected chi connectivity index (χ0v) is 12.7. The summed E-state index contributed by atoms with van der Waals surface area (Å²) in [6.07, 6.45) is 5.51. The average Bonchev–Trinajstić information content (AvgIpc) is 2.97. The molecule has 1 aliphatic heterocycles. The Bertz CT molecular complexity index is 565. The van der Waals surface area contributed by atoms with Crippen molar-refractivity contribution in [2.24, 2.45) is 5.92 Å². The third-order valence-electron chi connectivity index (χ3n) is 4.34. The van der Waals surface area contributed by atoms with Crippen LogP contribution in [0.4, 0.5) is 5.69 Å². The van der Waals surface area contributed by atoms with E-state index in [0.717, 1.165) is 30.5 Å². The summed E-state index contributed by atoms with van der Waals surface area (Å²) in [5.74, 6) is 1.08. The maximum Gasteiger partial charge on any atom is 0.227 e. The molecule has 0 bridgehead atoms. The lowest BCUT2D eigenvalue weighted by atomic mass is 10.1. The molecule has 0 unspecified atom stereocenters. The first-order valence-electron chi connectivity index (χ1n) is 8.05. The van der Waals surface area contributed by atoms with Crippen LogP contribution in [-0.2, 0) is 16.0 Å². The van der Waals surface area contributed by atoms with Gasteiger partial charge >= 0.3 is 0 Å². The van der Waals surface area contributed by atoms with Gasteiger partial charge in [0.2, 0.25) is 11.8 Å². The van der Waals surface area contributed by atoms with Gasteiger partial charge in [-0.1, -0.05) is 18.9 Å². The number of amides is 2. The van der Waals surface area contributed by atoms with Crippen molar-refractivity contribution in [2.45, 2.75) is 38.5 Å². The molecular formula is C17H22N2O3. The molecule has 3 rings (SSSR count). The number of nitrogens with one attached hydrogen (secondary N) is 2. The van der Waals surface area contributed by atoms with Gasteiger partial charge in [0.05, 0.1) is 18.7 Å². The van der Waals surface area contributed by atoms with Crippen LogP contribution in [0.2, 0.25) is 0 Å². The Hall–Kier alpha value is -2.04. The van der Waals surface area contributed by atoms with Gasteiger partial charge in [-0.25, -0.2) is 0 Å². The first-order chi connectivity index (χ1) is 10.7. The quantitative estimate of drug-likeness (QED) is 0.896.